The highest BCUT2D eigenvalue weighted by Crippen LogP contribution is 2.26. The zero-order valence-electron chi connectivity index (χ0n) is 16.0. The molecule has 2 saturated heterocycles. The van der Waals surface area contributed by atoms with Crippen LogP contribution in [0.25, 0.3) is 10.9 Å². The first kappa shape index (κ1) is 18.7. The van der Waals surface area contributed by atoms with Gasteiger partial charge in [-0.05, 0) is 74.4 Å². The number of nitrogens with zero attached hydrogens (tertiary/aromatic N) is 1. The Kier molecular flexibility index (Phi) is 5.93. The van der Waals surface area contributed by atoms with E-state index in [1.165, 1.54) is 50.3 Å². The number of amides is 1. The van der Waals surface area contributed by atoms with Crippen LogP contribution in [0, 0.1) is 5.92 Å². The Hall–Kier alpha value is -1.66. The molecule has 1 aromatic heterocycles. The Labute approximate surface area is 165 Å². The third-order valence-corrected chi connectivity index (χ3v) is 7.03. The van der Waals surface area contributed by atoms with Gasteiger partial charge in [-0.15, -0.1) is 0 Å². The SMILES string of the molecule is COc1ccc2cc(C(=O)NCC3CCN(C4CCSCC4)CC3)[nH]c2c1. The molecule has 0 saturated carbocycles. The molecule has 1 aromatic carbocycles. The highest BCUT2D eigenvalue weighted by Gasteiger charge is 2.26. The number of nitrogens with one attached hydrogen (secondary N) is 2. The first-order valence-corrected chi connectivity index (χ1v) is 11.1. The lowest BCUT2D eigenvalue weighted by molar-refractivity contribution is 0.0916. The lowest BCUT2D eigenvalue weighted by atomic mass is 9.94. The van der Waals surface area contributed by atoms with Crippen molar-refractivity contribution in [3.8, 4) is 5.75 Å². The lowest BCUT2D eigenvalue weighted by Crippen LogP contribution is -2.45. The van der Waals surface area contributed by atoms with Crippen LogP contribution in [-0.4, -0.2) is 60.1 Å². The fourth-order valence-corrected chi connectivity index (χ4v) is 5.34. The number of likely N-dealkylation sites (tertiary alicyclic amines) is 1. The summed E-state index contributed by atoms with van der Waals surface area (Å²) in [5.41, 5.74) is 1.55. The highest BCUT2D eigenvalue weighted by atomic mass is 32.2. The number of hydrogen-bond acceptors (Lipinski definition) is 4. The second-order valence-corrected chi connectivity index (χ2v) is 8.89. The Balaban J connectivity index is 1.27. The molecule has 2 aromatic rings. The van der Waals surface area contributed by atoms with E-state index in [2.05, 4.69) is 27.0 Å². The summed E-state index contributed by atoms with van der Waals surface area (Å²) in [6.07, 6.45) is 5.07. The van der Waals surface area contributed by atoms with Gasteiger partial charge in [-0.25, -0.2) is 0 Å². The van der Waals surface area contributed by atoms with Gasteiger partial charge in [0.25, 0.3) is 5.91 Å². The molecule has 5 nitrogen and oxygen atoms in total. The third kappa shape index (κ3) is 4.43. The van der Waals surface area contributed by atoms with E-state index in [0.29, 0.717) is 11.6 Å². The van der Waals surface area contributed by atoms with Crippen molar-refractivity contribution in [2.45, 2.75) is 31.7 Å². The van der Waals surface area contributed by atoms with E-state index >= 15 is 0 Å². The minimum atomic E-state index is -0.0168. The van der Waals surface area contributed by atoms with Crippen LogP contribution in [0.4, 0.5) is 0 Å². The number of rotatable bonds is 5. The molecule has 0 atom stereocenters. The zero-order valence-corrected chi connectivity index (χ0v) is 16.8. The number of piperidine rings is 1. The Morgan fingerprint density at radius 3 is 2.74 bits per heavy atom. The van der Waals surface area contributed by atoms with Crippen molar-refractivity contribution in [3.05, 3.63) is 30.0 Å². The summed E-state index contributed by atoms with van der Waals surface area (Å²) in [6.45, 7) is 3.13. The molecule has 0 spiro atoms. The molecule has 27 heavy (non-hydrogen) atoms. The van der Waals surface area contributed by atoms with Gasteiger partial charge in [0.05, 0.1) is 7.11 Å². The molecule has 2 fully saturated rings. The summed E-state index contributed by atoms with van der Waals surface area (Å²) in [4.78, 5) is 18.4. The van der Waals surface area contributed by atoms with Crippen molar-refractivity contribution < 1.29 is 9.53 Å². The Morgan fingerprint density at radius 2 is 2.00 bits per heavy atom. The lowest BCUT2D eigenvalue weighted by Gasteiger charge is -2.39. The molecule has 2 aliphatic rings. The number of carbonyl (C=O) groups is 1. The van der Waals surface area contributed by atoms with Gasteiger partial charge in [0, 0.05) is 29.6 Å². The second-order valence-electron chi connectivity index (χ2n) is 7.67. The summed E-state index contributed by atoms with van der Waals surface area (Å²) < 4.78 is 5.25. The first-order valence-electron chi connectivity index (χ1n) is 9.99. The van der Waals surface area contributed by atoms with E-state index < -0.39 is 0 Å². The number of carbonyl (C=O) groups excluding carboxylic acids is 1. The van der Waals surface area contributed by atoms with Crippen LogP contribution in [-0.2, 0) is 0 Å². The fourth-order valence-electron chi connectivity index (χ4n) is 4.26. The van der Waals surface area contributed by atoms with Crippen molar-refractivity contribution >= 4 is 28.6 Å². The Bertz CT molecular complexity index is 777. The van der Waals surface area contributed by atoms with Crippen molar-refractivity contribution in [2.75, 3.05) is 38.2 Å². The summed E-state index contributed by atoms with van der Waals surface area (Å²) in [7, 11) is 1.65. The summed E-state index contributed by atoms with van der Waals surface area (Å²) in [6, 6.07) is 8.52. The van der Waals surface area contributed by atoms with Crippen LogP contribution in [0.5, 0.6) is 5.75 Å². The van der Waals surface area contributed by atoms with E-state index in [4.69, 9.17) is 4.74 Å². The maximum absolute atomic E-state index is 12.5. The largest absolute Gasteiger partial charge is 0.497 e. The third-order valence-electron chi connectivity index (χ3n) is 5.98. The number of thioether (sulfide) groups is 1. The van der Waals surface area contributed by atoms with E-state index in [1.54, 1.807) is 7.11 Å². The predicted molar refractivity (Wildman–Crippen MR) is 112 cm³/mol. The average molecular weight is 388 g/mol. The number of H-pyrrole nitrogens is 1. The van der Waals surface area contributed by atoms with Gasteiger partial charge in [-0.1, -0.05) is 0 Å². The quantitative estimate of drug-likeness (QED) is 0.824. The van der Waals surface area contributed by atoms with E-state index in [0.717, 1.165) is 29.2 Å². The Morgan fingerprint density at radius 1 is 1.22 bits per heavy atom. The van der Waals surface area contributed by atoms with Gasteiger partial charge in [0.2, 0.25) is 0 Å². The van der Waals surface area contributed by atoms with Crippen molar-refractivity contribution in [2.24, 2.45) is 5.92 Å². The smallest absolute Gasteiger partial charge is 0.267 e. The van der Waals surface area contributed by atoms with Gasteiger partial charge < -0.3 is 19.9 Å². The maximum Gasteiger partial charge on any atom is 0.267 e. The van der Waals surface area contributed by atoms with Gasteiger partial charge in [-0.3, -0.25) is 4.79 Å². The van der Waals surface area contributed by atoms with Crippen LogP contribution < -0.4 is 10.1 Å². The molecule has 2 aliphatic heterocycles. The second kappa shape index (κ2) is 8.57. The number of aromatic nitrogens is 1. The summed E-state index contributed by atoms with van der Waals surface area (Å²) in [5, 5.41) is 4.16. The molecule has 2 N–H and O–H groups in total. The monoisotopic (exact) mass is 387 g/mol. The fraction of sp³-hybridized carbons (Fsp3) is 0.571. The molecular formula is C21H29N3O2S. The predicted octanol–water partition coefficient (Wildman–Crippen LogP) is 3.51. The normalized spacial score (nSPS) is 20.0. The van der Waals surface area contributed by atoms with Crippen molar-refractivity contribution in [1.82, 2.24) is 15.2 Å². The van der Waals surface area contributed by atoms with E-state index in [-0.39, 0.29) is 5.91 Å². The summed E-state index contributed by atoms with van der Waals surface area (Å²) >= 11 is 2.09. The molecule has 146 valence electrons. The number of hydrogen-bond donors (Lipinski definition) is 2. The molecule has 3 heterocycles. The molecule has 0 radical (unpaired) electrons. The number of methoxy groups -OCH3 is 1. The number of aromatic amines is 1. The van der Waals surface area contributed by atoms with Gasteiger partial charge in [0.15, 0.2) is 0 Å². The minimum absolute atomic E-state index is 0.0168. The topological polar surface area (TPSA) is 57.4 Å². The zero-order chi connectivity index (χ0) is 18.6. The van der Waals surface area contributed by atoms with E-state index in [1.807, 2.05) is 24.3 Å². The van der Waals surface area contributed by atoms with E-state index in [9.17, 15) is 4.79 Å². The van der Waals surface area contributed by atoms with Crippen LogP contribution in [0.15, 0.2) is 24.3 Å². The van der Waals surface area contributed by atoms with Crippen LogP contribution >= 0.6 is 11.8 Å². The van der Waals surface area contributed by atoms with Crippen molar-refractivity contribution in [1.29, 1.82) is 0 Å². The summed E-state index contributed by atoms with van der Waals surface area (Å²) in [5.74, 6) is 4.00. The molecule has 1 amide bonds. The van der Waals surface area contributed by atoms with Crippen LogP contribution in [0.3, 0.4) is 0 Å². The molecule has 0 bridgehead atoms. The average Bonchev–Trinajstić information content (AvgIpc) is 3.16. The highest BCUT2D eigenvalue weighted by molar-refractivity contribution is 7.99. The molecule has 0 aliphatic carbocycles. The van der Waals surface area contributed by atoms with Gasteiger partial charge in [0.1, 0.15) is 11.4 Å². The standard InChI is InChI=1S/C21H29N3O2S/c1-26-18-3-2-16-12-20(23-19(16)13-18)21(25)22-14-15-4-8-24(9-5-15)17-6-10-27-11-7-17/h2-3,12-13,15,17,23H,4-11,14H2,1H3,(H,22,25). The first-order chi connectivity index (χ1) is 13.2. The maximum atomic E-state index is 12.5. The van der Waals surface area contributed by atoms with Crippen LogP contribution in [0.2, 0.25) is 0 Å². The number of ether oxygens (including phenoxy) is 1. The number of benzene rings is 1. The molecule has 4 rings (SSSR count). The molecule has 0 unspecified atom stereocenters. The van der Waals surface area contributed by atoms with Gasteiger partial charge >= 0.3 is 0 Å². The van der Waals surface area contributed by atoms with Crippen molar-refractivity contribution in [3.63, 3.8) is 0 Å². The van der Waals surface area contributed by atoms with Crippen LogP contribution in [0.1, 0.15) is 36.2 Å². The van der Waals surface area contributed by atoms with Gasteiger partial charge in [-0.2, -0.15) is 11.8 Å². The molecule has 6 heteroatoms. The number of fused-ring (bicyclic) bond motifs is 1. The molecular weight excluding hydrogens is 358 g/mol. The minimum Gasteiger partial charge on any atom is -0.497 e.